The molecular formula is C20H23BrO3. The zero-order valence-electron chi connectivity index (χ0n) is 14.8. The first-order valence-corrected chi connectivity index (χ1v) is 8.77. The van der Waals surface area contributed by atoms with Gasteiger partial charge in [0.1, 0.15) is 11.5 Å². The molecule has 4 heteroatoms. The molecule has 24 heavy (non-hydrogen) atoms. The molecule has 0 saturated heterocycles. The number of rotatable bonds is 4. The number of carbonyl (C=O) groups is 1. The number of halogens is 1. The van der Waals surface area contributed by atoms with Crippen LogP contribution in [-0.4, -0.2) is 12.6 Å². The van der Waals surface area contributed by atoms with Gasteiger partial charge < -0.3 is 9.47 Å². The summed E-state index contributed by atoms with van der Waals surface area (Å²) in [5.74, 6) is 0.906. The van der Waals surface area contributed by atoms with Crippen LogP contribution < -0.4 is 9.47 Å². The molecule has 2 aromatic rings. The van der Waals surface area contributed by atoms with E-state index in [4.69, 9.17) is 9.47 Å². The van der Waals surface area contributed by atoms with Gasteiger partial charge in [0.25, 0.3) is 0 Å². The van der Waals surface area contributed by atoms with Gasteiger partial charge in [-0.15, -0.1) is 0 Å². The summed E-state index contributed by atoms with van der Waals surface area (Å²) in [7, 11) is 0. The Hall–Kier alpha value is -1.81. The average molecular weight is 391 g/mol. The molecule has 0 N–H and O–H groups in total. The fraction of sp³-hybridized carbons (Fsp3) is 0.350. The lowest BCUT2D eigenvalue weighted by Crippen LogP contribution is -2.13. The zero-order valence-corrected chi connectivity index (χ0v) is 16.4. The molecule has 2 aromatic carbocycles. The first-order chi connectivity index (χ1) is 11.2. The molecule has 2 rings (SSSR count). The second kappa shape index (κ2) is 7.39. The summed E-state index contributed by atoms with van der Waals surface area (Å²) in [6.45, 7) is 10.9. The van der Waals surface area contributed by atoms with E-state index in [9.17, 15) is 4.79 Å². The summed E-state index contributed by atoms with van der Waals surface area (Å²) in [6.07, 6.45) is 0. The number of hydrogen-bond acceptors (Lipinski definition) is 3. The molecule has 0 unspecified atom stereocenters. The minimum atomic E-state index is -0.384. The van der Waals surface area contributed by atoms with E-state index < -0.39 is 0 Å². The molecule has 128 valence electrons. The second-order valence-electron chi connectivity index (χ2n) is 6.70. The quantitative estimate of drug-likeness (QED) is 0.497. The van der Waals surface area contributed by atoms with Gasteiger partial charge in [0.2, 0.25) is 0 Å². The summed E-state index contributed by atoms with van der Waals surface area (Å²) >= 11 is 3.41. The van der Waals surface area contributed by atoms with E-state index in [1.807, 2.05) is 26.0 Å². The monoisotopic (exact) mass is 390 g/mol. The Morgan fingerprint density at radius 3 is 2.29 bits per heavy atom. The van der Waals surface area contributed by atoms with Crippen molar-refractivity contribution in [2.24, 2.45) is 0 Å². The summed E-state index contributed by atoms with van der Waals surface area (Å²) in [5.41, 5.74) is 2.70. The molecule has 0 bridgehead atoms. The SMILES string of the molecule is CCOc1ccc(C(=O)Oc2ccc(C(C)(C)C)cc2C)cc1Br. The first-order valence-electron chi connectivity index (χ1n) is 7.98. The number of esters is 1. The fourth-order valence-electron chi connectivity index (χ4n) is 2.29. The normalized spacial score (nSPS) is 11.2. The van der Waals surface area contributed by atoms with Crippen molar-refractivity contribution in [2.75, 3.05) is 6.61 Å². The lowest BCUT2D eigenvalue weighted by molar-refractivity contribution is 0.0733. The third kappa shape index (κ3) is 4.38. The van der Waals surface area contributed by atoms with Gasteiger partial charge in [-0.2, -0.15) is 0 Å². The van der Waals surface area contributed by atoms with E-state index in [1.165, 1.54) is 5.56 Å². The van der Waals surface area contributed by atoms with Crippen LogP contribution >= 0.6 is 15.9 Å². The molecule has 0 aliphatic carbocycles. The van der Waals surface area contributed by atoms with Gasteiger partial charge in [-0.3, -0.25) is 0 Å². The van der Waals surface area contributed by atoms with Gasteiger partial charge >= 0.3 is 5.97 Å². The standard InChI is InChI=1S/C20H23BrO3/c1-6-23-18-9-7-14(12-16(18)21)19(22)24-17-10-8-15(11-13(17)2)20(3,4)5/h7-12H,6H2,1-5H3. The Bertz CT molecular complexity index is 745. The zero-order chi connectivity index (χ0) is 17.9. The van der Waals surface area contributed by atoms with Crippen LogP contribution in [0.3, 0.4) is 0 Å². The molecule has 0 saturated carbocycles. The summed E-state index contributed by atoms with van der Waals surface area (Å²) < 4.78 is 11.7. The second-order valence-corrected chi connectivity index (χ2v) is 7.55. The Labute approximate surface area is 152 Å². The van der Waals surface area contributed by atoms with Crippen LogP contribution in [0.2, 0.25) is 0 Å². The van der Waals surface area contributed by atoms with Crippen molar-refractivity contribution in [3.8, 4) is 11.5 Å². The van der Waals surface area contributed by atoms with Crippen LogP contribution in [0.15, 0.2) is 40.9 Å². The molecule has 0 aliphatic heterocycles. The van der Waals surface area contributed by atoms with Crippen LogP contribution in [0, 0.1) is 6.92 Å². The van der Waals surface area contributed by atoms with Crippen molar-refractivity contribution >= 4 is 21.9 Å². The molecule has 0 spiro atoms. The van der Waals surface area contributed by atoms with E-state index in [2.05, 4.69) is 42.8 Å². The minimum absolute atomic E-state index is 0.0628. The fourth-order valence-corrected chi connectivity index (χ4v) is 2.78. The predicted octanol–water partition coefficient (Wildman–Crippen LogP) is 5.67. The number of benzene rings is 2. The molecular weight excluding hydrogens is 368 g/mol. The van der Waals surface area contributed by atoms with Crippen molar-refractivity contribution in [3.05, 3.63) is 57.6 Å². The van der Waals surface area contributed by atoms with Crippen molar-refractivity contribution in [1.29, 1.82) is 0 Å². The minimum Gasteiger partial charge on any atom is -0.493 e. The maximum atomic E-state index is 12.4. The molecule has 0 amide bonds. The average Bonchev–Trinajstić information content (AvgIpc) is 2.50. The van der Waals surface area contributed by atoms with Crippen molar-refractivity contribution in [1.82, 2.24) is 0 Å². The highest BCUT2D eigenvalue weighted by atomic mass is 79.9. The van der Waals surface area contributed by atoms with Gasteiger partial charge in [-0.25, -0.2) is 4.79 Å². The number of ether oxygens (including phenoxy) is 2. The van der Waals surface area contributed by atoms with Crippen LogP contribution in [0.1, 0.15) is 49.2 Å². The van der Waals surface area contributed by atoms with E-state index in [0.717, 1.165) is 10.0 Å². The molecule has 0 radical (unpaired) electrons. The van der Waals surface area contributed by atoms with E-state index in [1.54, 1.807) is 18.2 Å². The maximum absolute atomic E-state index is 12.4. The third-order valence-electron chi connectivity index (χ3n) is 3.71. The summed E-state index contributed by atoms with van der Waals surface area (Å²) in [6, 6.07) is 11.1. The molecule has 0 heterocycles. The van der Waals surface area contributed by atoms with Gasteiger partial charge in [0.05, 0.1) is 16.6 Å². The molecule has 3 nitrogen and oxygen atoms in total. The molecule has 0 atom stereocenters. The Kier molecular flexibility index (Phi) is 5.70. The highest BCUT2D eigenvalue weighted by Crippen LogP contribution is 2.29. The summed E-state index contributed by atoms with van der Waals surface area (Å²) in [4.78, 5) is 12.4. The Morgan fingerprint density at radius 1 is 1.08 bits per heavy atom. The van der Waals surface area contributed by atoms with Crippen molar-refractivity contribution < 1.29 is 14.3 Å². The number of carbonyl (C=O) groups excluding carboxylic acids is 1. The highest BCUT2D eigenvalue weighted by Gasteiger charge is 2.17. The van der Waals surface area contributed by atoms with Gasteiger partial charge in [-0.1, -0.05) is 32.9 Å². The van der Waals surface area contributed by atoms with Crippen molar-refractivity contribution in [2.45, 2.75) is 40.0 Å². The number of hydrogen-bond donors (Lipinski definition) is 0. The van der Waals surface area contributed by atoms with E-state index >= 15 is 0 Å². The largest absolute Gasteiger partial charge is 0.493 e. The van der Waals surface area contributed by atoms with Crippen LogP contribution in [0.4, 0.5) is 0 Å². The lowest BCUT2D eigenvalue weighted by atomic mass is 9.86. The summed E-state index contributed by atoms with van der Waals surface area (Å²) in [5, 5.41) is 0. The van der Waals surface area contributed by atoms with Gasteiger partial charge in [0, 0.05) is 0 Å². The first kappa shape index (κ1) is 18.5. The maximum Gasteiger partial charge on any atom is 0.343 e. The topological polar surface area (TPSA) is 35.5 Å². The third-order valence-corrected chi connectivity index (χ3v) is 4.33. The van der Waals surface area contributed by atoms with Gasteiger partial charge in [0.15, 0.2) is 0 Å². The smallest absolute Gasteiger partial charge is 0.343 e. The van der Waals surface area contributed by atoms with E-state index in [-0.39, 0.29) is 11.4 Å². The molecule has 0 aliphatic rings. The Morgan fingerprint density at radius 2 is 1.75 bits per heavy atom. The molecule has 0 fully saturated rings. The molecule has 0 aromatic heterocycles. The van der Waals surface area contributed by atoms with Crippen molar-refractivity contribution in [3.63, 3.8) is 0 Å². The van der Waals surface area contributed by atoms with Crippen LogP contribution in [-0.2, 0) is 5.41 Å². The number of aryl methyl sites for hydroxylation is 1. The predicted molar refractivity (Wildman–Crippen MR) is 100 cm³/mol. The highest BCUT2D eigenvalue weighted by molar-refractivity contribution is 9.10. The van der Waals surface area contributed by atoms with Gasteiger partial charge in [-0.05, 0) is 70.6 Å². The van der Waals surface area contributed by atoms with Crippen LogP contribution in [0.5, 0.6) is 11.5 Å². The van der Waals surface area contributed by atoms with Crippen LogP contribution in [0.25, 0.3) is 0 Å². The van der Waals surface area contributed by atoms with E-state index in [0.29, 0.717) is 23.7 Å². The lowest BCUT2D eigenvalue weighted by Gasteiger charge is -2.20. The Balaban J connectivity index is 2.19.